The Labute approximate surface area is 182 Å². The van der Waals surface area contributed by atoms with E-state index in [-0.39, 0.29) is 6.10 Å². The molecule has 4 rings (SSSR count). The molecule has 0 bridgehead atoms. The number of rotatable bonds is 6. The van der Waals surface area contributed by atoms with Crippen LogP contribution >= 0.6 is 0 Å². The second kappa shape index (κ2) is 8.70. The predicted octanol–water partition coefficient (Wildman–Crippen LogP) is 5.86. The van der Waals surface area contributed by atoms with Crippen molar-refractivity contribution >= 4 is 0 Å². The Bertz CT molecular complexity index is 650. The molecule has 0 amide bonds. The van der Waals surface area contributed by atoms with Gasteiger partial charge in [0.1, 0.15) is 0 Å². The van der Waals surface area contributed by atoms with Gasteiger partial charge in [0.25, 0.3) is 0 Å². The summed E-state index contributed by atoms with van der Waals surface area (Å²) >= 11 is 0. The monoisotopic (exact) mass is 419 g/mol. The van der Waals surface area contributed by atoms with Gasteiger partial charge in [-0.1, -0.05) is 20.8 Å². The summed E-state index contributed by atoms with van der Waals surface area (Å²) in [6.45, 7) is 7.81. The van der Waals surface area contributed by atoms with Gasteiger partial charge < -0.3 is 0 Å². The van der Waals surface area contributed by atoms with E-state index in [1.165, 1.54) is 32.1 Å². The third kappa shape index (κ3) is 3.52. The van der Waals surface area contributed by atoms with E-state index in [2.05, 4.69) is 31.7 Å². The molecule has 0 aromatic rings. The van der Waals surface area contributed by atoms with Crippen molar-refractivity contribution < 1.29 is 19.9 Å². The molecule has 1 N–H and O–H groups in total. The number of nitriles is 1. The Balaban J connectivity index is 1.61. The van der Waals surface area contributed by atoms with Gasteiger partial charge in [0.15, 0.2) is 0 Å². The van der Waals surface area contributed by atoms with Gasteiger partial charge in [0, 0.05) is 6.42 Å². The molecule has 4 saturated carbocycles. The van der Waals surface area contributed by atoms with E-state index in [0.717, 1.165) is 19.3 Å². The van der Waals surface area contributed by atoms with Gasteiger partial charge in [-0.3, -0.25) is 5.26 Å². The van der Waals surface area contributed by atoms with Crippen LogP contribution in [0.2, 0.25) is 0 Å². The smallest absolute Gasteiger partial charge is 0.0966 e. The van der Waals surface area contributed by atoms with E-state index in [1.54, 1.807) is 7.11 Å². The highest BCUT2D eigenvalue weighted by Crippen LogP contribution is 2.69. The molecule has 4 fully saturated rings. The average Bonchev–Trinajstić information content (AvgIpc) is 3.07. The molecule has 10 atom stereocenters. The van der Waals surface area contributed by atoms with Crippen LogP contribution in [-0.2, 0) is 14.7 Å². The minimum Gasteiger partial charge on any atom is -0.252 e. The molecule has 1 unspecified atom stereocenters. The van der Waals surface area contributed by atoms with Crippen molar-refractivity contribution in [2.45, 2.75) is 84.7 Å². The topological polar surface area (TPSA) is 71.7 Å². The number of hydrogen-bond acceptors (Lipinski definition) is 5. The zero-order chi connectivity index (χ0) is 21.5. The van der Waals surface area contributed by atoms with Crippen molar-refractivity contribution in [1.82, 2.24) is 0 Å². The summed E-state index contributed by atoms with van der Waals surface area (Å²) in [5.74, 6) is 4.07. The number of nitrogens with zero attached hydrogens (tertiary/aromatic N) is 1. The molecule has 0 spiro atoms. The Kier molecular flexibility index (Phi) is 6.53. The van der Waals surface area contributed by atoms with Crippen LogP contribution in [0.1, 0.15) is 78.6 Å². The van der Waals surface area contributed by atoms with Gasteiger partial charge in [0.05, 0.1) is 25.9 Å². The minimum atomic E-state index is 0.154. The molecule has 0 radical (unpaired) electrons. The first-order valence-corrected chi connectivity index (χ1v) is 12.2. The van der Waals surface area contributed by atoms with Crippen molar-refractivity contribution in [3.8, 4) is 6.07 Å². The van der Waals surface area contributed by atoms with Crippen molar-refractivity contribution in [3.63, 3.8) is 0 Å². The molecular weight excluding hydrogens is 378 g/mol. The second-order valence-corrected chi connectivity index (χ2v) is 11.5. The maximum Gasteiger partial charge on any atom is 0.0966 e. The van der Waals surface area contributed by atoms with Gasteiger partial charge in [-0.05, 0) is 104 Å². The summed E-state index contributed by atoms with van der Waals surface area (Å²) in [6.07, 6.45) is 10.4. The molecular formula is C25H41NO4. The summed E-state index contributed by atoms with van der Waals surface area (Å²) < 4.78 is 0. The highest BCUT2D eigenvalue weighted by molar-refractivity contribution is 5.12. The maximum atomic E-state index is 9.29. The number of fused-ring (bicyclic) bond motifs is 5. The first-order chi connectivity index (χ1) is 14.4. The van der Waals surface area contributed by atoms with Gasteiger partial charge >= 0.3 is 0 Å². The molecule has 0 aromatic heterocycles. The zero-order valence-electron chi connectivity index (χ0n) is 19.3. The normalized spacial score (nSPS) is 48.9. The molecule has 5 heteroatoms. The third-order valence-corrected chi connectivity index (χ3v) is 10.5. The Morgan fingerprint density at radius 1 is 1.07 bits per heavy atom. The average molecular weight is 420 g/mol. The van der Waals surface area contributed by atoms with Gasteiger partial charge in [-0.15, -0.1) is 0 Å². The molecule has 4 aliphatic rings. The summed E-state index contributed by atoms with van der Waals surface area (Å²) in [5, 5.41) is 18.3. The molecule has 0 aliphatic heterocycles. The van der Waals surface area contributed by atoms with Crippen molar-refractivity contribution in [3.05, 3.63) is 0 Å². The van der Waals surface area contributed by atoms with E-state index in [9.17, 15) is 5.26 Å². The first kappa shape index (κ1) is 22.5. The van der Waals surface area contributed by atoms with Crippen LogP contribution in [0, 0.1) is 63.6 Å². The summed E-state index contributed by atoms with van der Waals surface area (Å²) in [4.78, 5) is 15.8. The quantitative estimate of drug-likeness (QED) is 0.431. The highest BCUT2D eigenvalue weighted by Gasteiger charge is 2.63. The minimum absolute atomic E-state index is 0.154. The molecule has 5 nitrogen and oxygen atoms in total. The lowest BCUT2D eigenvalue weighted by Crippen LogP contribution is -2.59. The molecule has 0 heterocycles. The fraction of sp³-hybridized carbons (Fsp3) is 0.960. The van der Waals surface area contributed by atoms with E-state index in [1.807, 2.05) is 0 Å². The molecule has 4 aliphatic carbocycles. The standard InChI is InChI=1S/C25H41NO4/c1-16(9-12-26)19-5-6-20-23-21(8-11-25(19,20)3)24(2)10-7-17(15-29-27)13-18(24)14-22(23)30-28-4/h16-23,27H,5-11,13-15H2,1-4H3/t16-,17-,18+,19-,20+,21+,22?,23+,24+,25-/m1/s1. The van der Waals surface area contributed by atoms with Crippen LogP contribution in [-0.4, -0.2) is 25.1 Å². The Hall–Kier alpha value is -0.670. The zero-order valence-corrected chi connectivity index (χ0v) is 19.3. The molecule has 170 valence electrons. The number of hydrogen-bond donors (Lipinski definition) is 1. The molecule has 30 heavy (non-hydrogen) atoms. The second-order valence-electron chi connectivity index (χ2n) is 11.5. The van der Waals surface area contributed by atoms with Crippen LogP contribution in [0.3, 0.4) is 0 Å². The summed E-state index contributed by atoms with van der Waals surface area (Å²) in [5.41, 5.74) is 0.666. The third-order valence-electron chi connectivity index (χ3n) is 10.5. The Morgan fingerprint density at radius 2 is 1.80 bits per heavy atom. The lowest BCUT2D eigenvalue weighted by molar-refractivity contribution is -0.345. The van der Waals surface area contributed by atoms with Crippen LogP contribution in [0.15, 0.2) is 0 Å². The lowest BCUT2D eigenvalue weighted by atomic mass is 9.43. The van der Waals surface area contributed by atoms with Gasteiger partial charge in [-0.25, -0.2) is 14.7 Å². The lowest BCUT2D eigenvalue weighted by Gasteiger charge is -2.63. The van der Waals surface area contributed by atoms with E-state index >= 15 is 0 Å². The fourth-order valence-corrected chi connectivity index (χ4v) is 9.03. The first-order valence-electron chi connectivity index (χ1n) is 12.2. The van der Waals surface area contributed by atoms with E-state index < -0.39 is 0 Å². The van der Waals surface area contributed by atoms with Gasteiger partial charge in [0.2, 0.25) is 0 Å². The largest absolute Gasteiger partial charge is 0.252 e. The molecule has 0 saturated heterocycles. The van der Waals surface area contributed by atoms with Gasteiger partial charge in [-0.2, -0.15) is 5.26 Å². The van der Waals surface area contributed by atoms with Crippen molar-refractivity contribution in [2.24, 2.45) is 52.3 Å². The molecule has 0 aromatic carbocycles. The Morgan fingerprint density at radius 3 is 2.50 bits per heavy atom. The van der Waals surface area contributed by atoms with Crippen LogP contribution in [0.4, 0.5) is 0 Å². The van der Waals surface area contributed by atoms with Crippen molar-refractivity contribution in [2.75, 3.05) is 13.7 Å². The van der Waals surface area contributed by atoms with E-state index in [4.69, 9.17) is 15.0 Å². The van der Waals surface area contributed by atoms with Crippen LogP contribution in [0.25, 0.3) is 0 Å². The summed E-state index contributed by atoms with van der Waals surface area (Å²) in [7, 11) is 1.65. The maximum absolute atomic E-state index is 9.29. The highest BCUT2D eigenvalue weighted by atomic mass is 17.2. The van der Waals surface area contributed by atoms with Crippen LogP contribution in [0.5, 0.6) is 0 Å². The summed E-state index contributed by atoms with van der Waals surface area (Å²) in [6, 6.07) is 2.43. The SMILES string of the molecule is COOC1C[C@@H]2C[C@H](COO)CC[C@]2(C)[C@H]2CC[C@]3(C)[C@@H]([C@H](C)CC#N)CC[C@H]3[C@H]12. The van der Waals surface area contributed by atoms with Crippen molar-refractivity contribution in [1.29, 1.82) is 5.26 Å². The van der Waals surface area contributed by atoms with E-state index in [0.29, 0.717) is 65.3 Å². The predicted molar refractivity (Wildman–Crippen MR) is 114 cm³/mol. The van der Waals surface area contributed by atoms with Crippen LogP contribution < -0.4 is 0 Å². The fourth-order valence-electron chi connectivity index (χ4n) is 9.03.